The first-order valence-electron chi connectivity index (χ1n) is 7.73. The van der Waals surface area contributed by atoms with E-state index in [1.807, 2.05) is 37.3 Å². The van der Waals surface area contributed by atoms with E-state index in [1.54, 1.807) is 0 Å². The van der Waals surface area contributed by atoms with Crippen LogP contribution in [0.3, 0.4) is 0 Å². The number of hydrogen-bond donors (Lipinski definition) is 3. The number of amides is 2. The zero-order chi connectivity index (χ0) is 16.9. The van der Waals surface area contributed by atoms with Crippen molar-refractivity contribution in [3.05, 3.63) is 58.3 Å². The minimum atomic E-state index is -0.449. The Labute approximate surface area is 137 Å². The number of urea groups is 1. The van der Waals surface area contributed by atoms with Crippen molar-refractivity contribution < 1.29 is 4.79 Å². The number of benzene rings is 1. The predicted molar refractivity (Wildman–Crippen MR) is 89.9 cm³/mol. The number of aryl methyl sites for hydroxylation is 1. The molecule has 0 atom stereocenters. The predicted octanol–water partition coefficient (Wildman–Crippen LogP) is 1.69. The van der Waals surface area contributed by atoms with Crippen molar-refractivity contribution >= 4 is 17.5 Å². The number of aromatic nitrogens is 4. The Hall–Kier alpha value is -3.16. The molecule has 0 saturated carbocycles. The van der Waals surface area contributed by atoms with E-state index in [0.717, 1.165) is 12.0 Å². The van der Waals surface area contributed by atoms with Crippen LogP contribution < -0.4 is 16.2 Å². The van der Waals surface area contributed by atoms with Crippen molar-refractivity contribution in [2.75, 3.05) is 5.32 Å². The third-order valence-corrected chi connectivity index (χ3v) is 3.53. The summed E-state index contributed by atoms with van der Waals surface area (Å²) in [5.74, 6) is 0.290. The van der Waals surface area contributed by atoms with Crippen LogP contribution in [0.4, 0.5) is 10.5 Å². The lowest BCUT2D eigenvalue weighted by Crippen LogP contribution is -2.33. The van der Waals surface area contributed by atoms with Gasteiger partial charge in [0.2, 0.25) is 0 Å². The highest BCUT2D eigenvalue weighted by atomic mass is 16.2. The fourth-order valence-electron chi connectivity index (χ4n) is 2.38. The normalized spacial score (nSPS) is 10.7. The highest BCUT2D eigenvalue weighted by Gasteiger charge is 2.16. The van der Waals surface area contributed by atoms with Gasteiger partial charge in [-0.3, -0.25) is 9.89 Å². The van der Waals surface area contributed by atoms with Gasteiger partial charge in [0.25, 0.3) is 11.3 Å². The monoisotopic (exact) mass is 326 g/mol. The lowest BCUT2D eigenvalue weighted by atomic mass is 10.2. The average molecular weight is 326 g/mol. The molecule has 2 heterocycles. The third kappa shape index (κ3) is 3.27. The van der Waals surface area contributed by atoms with Crippen molar-refractivity contribution in [3.63, 3.8) is 0 Å². The molecule has 3 aromatic rings. The smallest absolute Gasteiger partial charge is 0.319 e. The van der Waals surface area contributed by atoms with Crippen LogP contribution in [-0.4, -0.2) is 25.6 Å². The molecule has 3 N–H and O–H groups in total. The van der Waals surface area contributed by atoms with Gasteiger partial charge < -0.3 is 10.6 Å². The van der Waals surface area contributed by atoms with Crippen LogP contribution in [0.2, 0.25) is 0 Å². The summed E-state index contributed by atoms with van der Waals surface area (Å²) in [6, 6.07) is 9.08. The molecule has 1 aromatic carbocycles. The number of nitrogens with zero attached hydrogens (tertiary/aromatic N) is 3. The number of rotatable bonds is 5. The van der Waals surface area contributed by atoms with E-state index in [-0.39, 0.29) is 11.2 Å². The van der Waals surface area contributed by atoms with Gasteiger partial charge >= 0.3 is 6.03 Å². The van der Waals surface area contributed by atoms with E-state index < -0.39 is 6.03 Å². The van der Waals surface area contributed by atoms with Gasteiger partial charge in [-0.05, 0) is 12.0 Å². The van der Waals surface area contributed by atoms with Crippen molar-refractivity contribution in [1.82, 2.24) is 24.9 Å². The molecule has 0 aliphatic heterocycles. The van der Waals surface area contributed by atoms with Crippen LogP contribution in [0.25, 0.3) is 5.78 Å². The minimum absolute atomic E-state index is 0.171. The van der Waals surface area contributed by atoms with Crippen LogP contribution in [-0.2, 0) is 13.0 Å². The largest absolute Gasteiger partial charge is 0.334 e. The lowest BCUT2D eigenvalue weighted by molar-refractivity contribution is 0.251. The molecular weight excluding hydrogens is 308 g/mol. The Kier molecular flexibility index (Phi) is 4.55. The molecule has 2 aromatic heterocycles. The van der Waals surface area contributed by atoms with E-state index in [4.69, 9.17) is 0 Å². The van der Waals surface area contributed by atoms with Gasteiger partial charge in [0.1, 0.15) is 12.0 Å². The minimum Gasteiger partial charge on any atom is -0.334 e. The van der Waals surface area contributed by atoms with Crippen LogP contribution in [0, 0.1) is 0 Å². The Morgan fingerprint density at radius 2 is 2.08 bits per heavy atom. The summed E-state index contributed by atoms with van der Waals surface area (Å²) in [6.45, 7) is 2.35. The van der Waals surface area contributed by atoms with Gasteiger partial charge in [0.15, 0.2) is 0 Å². The van der Waals surface area contributed by atoms with Gasteiger partial charge in [-0.15, -0.1) is 0 Å². The zero-order valence-corrected chi connectivity index (χ0v) is 13.2. The van der Waals surface area contributed by atoms with Crippen LogP contribution in [0.1, 0.15) is 24.6 Å². The molecule has 0 aliphatic rings. The molecule has 24 heavy (non-hydrogen) atoms. The van der Waals surface area contributed by atoms with Gasteiger partial charge in [-0.1, -0.05) is 43.7 Å². The van der Waals surface area contributed by atoms with Crippen LogP contribution in [0.5, 0.6) is 0 Å². The molecule has 0 bridgehead atoms. The van der Waals surface area contributed by atoms with E-state index in [9.17, 15) is 9.59 Å². The molecule has 0 aliphatic carbocycles. The highest BCUT2D eigenvalue weighted by molar-refractivity contribution is 5.89. The molecule has 3 rings (SSSR count). The molecule has 0 fully saturated rings. The molecule has 0 radical (unpaired) electrons. The lowest BCUT2D eigenvalue weighted by Gasteiger charge is -2.10. The van der Waals surface area contributed by atoms with E-state index in [1.165, 1.54) is 10.8 Å². The van der Waals surface area contributed by atoms with E-state index in [2.05, 4.69) is 25.7 Å². The molecular formula is C16H18N6O2. The summed E-state index contributed by atoms with van der Waals surface area (Å²) >= 11 is 0. The molecule has 8 nitrogen and oxygen atoms in total. The van der Waals surface area contributed by atoms with Gasteiger partial charge in [0.05, 0.1) is 5.69 Å². The van der Waals surface area contributed by atoms with Crippen molar-refractivity contribution in [2.24, 2.45) is 0 Å². The summed E-state index contributed by atoms with van der Waals surface area (Å²) < 4.78 is 1.20. The molecule has 2 amide bonds. The Morgan fingerprint density at radius 1 is 1.29 bits per heavy atom. The van der Waals surface area contributed by atoms with Gasteiger partial charge in [-0.25, -0.2) is 14.8 Å². The number of nitrogens with one attached hydrogen (secondary N) is 3. The van der Waals surface area contributed by atoms with Gasteiger partial charge in [0, 0.05) is 6.54 Å². The summed E-state index contributed by atoms with van der Waals surface area (Å²) in [4.78, 5) is 33.0. The number of fused-ring (bicyclic) bond motifs is 1. The second-order valence-electron chi connectivity index (χ2n) is 5.30. The van der Waals surface area contributed by atoms with E-state index in [0.29, 0.717) is 24.4 Å². The number of carbonyl (C=O) groups is 1. The Morgan fingerprint density at radius 3 is 2.83 bits per heavy atom. The first-order valence-corrected chi connectivity index (χ1v) is 7.73. The number of hydrogen-bond acceptors (Lipinski definition) is 4. The molecule has 124 valence electrons. The van der Waals surface area contributed by atoms with Crippen LogP contribution >= 0.6 is 0 Å². The molecule has 0 saturated heterocycles. The standard InChI is InChI=1S/C16H18N6O2/c1-2-6-12-13(14(23)22-15(20-12)18-10-19-22)21-16(24)17-9-11-7-4-3-5-8-11/h3-5,7-8,10H,2,6,9H2,1H3,(H2,17,21,24)(H,18,19,20). The summed E-state index contributed by atoms with van der Waals surface area (Å²) in [5, 5.41) is 8.04. The maximum absolute atomic E-state index is 12.5. The van der Waals surface area contributed by atoms with Crippen LogP contribution in [0.15, 0.2) is 41.5 Å². The first kappa shape index (κ1) is 15.7. The second-order valence-corrected chi connectivity index (χ2v) is 5.30. The fourth-order valence-corrected chi connectivity index (χ4v) is 2.38. The second kappa shape index (κ2) is 6.95. The summed E-state index contributed by atoms with van der Waals surface area (Å²) in [5.41, 5.74) is 1.30. The average Bonchev–Trinajstić information content (AvgIpc) is 3.06. The quantitative estimate of drug-likeness (QED) is 0.663. The van der Waals surface area contributed by atoms with E-state index >= 15 is 0 Å². The van der Waals surface area contributed by atoms with Crippen molar-refractivity contribution in [3.8, 4) is 0 Å². The number of anilines is 1. The topological polar surface area (TPSA) is 104 Å². The Bertz CT molecular complexity index is 900. The van der Waals surface area contributed by atoms with Crippen molar-refractivity contribution in [1.29, 1.82) is 0 Å². The molecule has 8 heteroatoms. The number of H-pyrrole nitrogens is 1. The molecule has 0 unspecified atom stereocenters. The van der Waals surface area contributed by atoms with Gasteiger partial charge in [-0.2, -0.15) is 4.52 Å². The van der Waals surface area contributed by atoms with Crippen molar-refractivity contribution in [2.45, 2.75) is 26.3 Å². The summed E-state index contributed by atoms with van der Waals surface area (Å²) in [7, 11) is 0. The third-order valence-electron chi connectivity index (χ3n) is 3.53. The number of carbonyl (C=O) groups excluding carboxylic acids is 1. The molecule has 0 spiro atoms. The summed E-state index contributed by atoms with van der Waals surface area (Å²) in [6.07, 6.45) is 2.76. The SMILES string of the molecule is CCCc1nc2nc[nH]n2c(=O)c1NC(=O)NCc1ccccc1. The number of aromatic amines is 1. The zero-order valence-electron chi connectivity index (χ0n) is 13.2. The maximum atomic E-state index is 12.5. The maximum Gasteiger partial charge on any atom is 0.319 e. The Balaban J connectivity index is 1.80. The first-order chi connectivity index (χ1) is 11.7. The fraction of sp³-hybridized carbons (Fsp3) is 0.250. The highest BCUT2D eigenvalue weighted by Crippen LogP contribution is 2.11.